The molecule has 1 saturated heterocycles. The van der Waals surface area contributed by atoms with Gasteiger partial charge in [0, 0.05) is 11.3 Å². The van der Waals surface area contributed by atoms with Gasteiger partial charge in [-0.05, 0) is 30.2 Å². The molecule has 2 aliphatic rings. The van der Waals surface area contributed by atoms with E-state index in [4.69, 9.17) is 14.2 Å². The predicted molar refractivity (Wildman–Crippen MR) is 110 cm³/mol. The Balaban J connectivity index is 1.63. The number of amides is 1. The van der Waals surface area contributed by atoms with Gasteiger partial charge in [-0.2, -0.15) is 0 Å². The lowest BCUT2D eigenvalue weighted by Gasteiger charge is -2.28. The van der Waals surface area contributed by atoms with Gasteiger partial charge in [0.15, 0.2) is 11.5 Å². The average Bonchev–Trinajstić information content (AvgIpc) is 3.40. The number of benzene rings is 2. The number of thioether (sulfide) groups is 1. The molecule has 2 heterocycles. The van der Waals surface area contributed by atoms with Gasteiger partial charge in [-0.15, -0.1) is 11.8 Å². The predicted octanol–water partition coefficient (Wildman–Crippen LogP) is 4.02. The molecule has 2 aromatic carbocycles. The van der Waals surface area contributed by atoms with Gasteiger partial charge in [0.25, 0.3) is 5.91 Å². The highest BCUT2D eigenvalue weighted by atomic mass is 32.2. The molecule has 0 bridgehead atoms. The molecule has 0 aliphatic carbocycles. The molecular formula is C22H23NO5S. The van der Waals surface area contributed by atoms with Crippen LogP contribution in [0.5, 0.6) is 11.5 Å². The van der Waals surface area contributed by atoms with Crippen LogP contribution in [0.2, 0.25) is 0 Å². The lowest BCUT2D eigenvalue weighted by Crippen LogP contribution is -2.44. The molecule has 1 amide bonds. The monoisotopic (exact) mass is 413 g/mol. The summed E-state index contributed by atoms with van der Waals surface area (Å²) in [6.07, 6.45) is 1.75. The number of unbranched alkanes of at least 4 members (excludes halogenated alkanes) is 1. The second-order valence-electron chi connectivity index (χ2n) is 6.91. The topological polar surface area (TPSA) is 65.1 Å². The molecule has 2 aliphatic heterocycles. The Morgan fingerprint density at radius 2 is 1.93 bits per heavy atom. The third-order valence-corrected chi connectivity index (χ3v) is 6.28. The van der Waals surface area contributed by atoms with Crippen LogP contribution in [0.15, 0.2) is 48.5 Å². The fourth-order valence-corrected chi connectivity index (χ4v) is 4.82. The van der Waals surface area contributed by atoms with Crippen molar-refractivity contribution in [2.24, 2.45) is 0 Å². The molecule has 2 aromatic rings. The van der Waals surface area contributed by atoms with E-state index in [1.807, 2.05) is 37.3 Å². The van der Waals surface area contributed by atoms with E-state index in [0.717, 1.165) is 18.4 Å². The standard InChI is InChI=1S/C22H23NO5S/c1-2-3-11-26-22(25)17-13-29-21(15-7-5-4-6-8-15)23(17)20(24)16-9-10-18-19(12-16)28-14-27-18/h4-10,12,17,21H,2-3,11,13-14H2,1H3/t17-,21+/m0/s1. The number of hydrogen-bond acceptors (Lipinski definition) is 6. The number of esters is 1. The van der Waals surface area contributed by atoms with E-state index in [-0.39, 0.29) is 24.0 Å². The van der Waals surface area contributed by atoms with E-state index in [1.54, 1.807) is 34.9 Å². The van der Waals surface area contributed by atoms with Crippen molar-refractivity contribution in [1.82, 2.24) is 4.90 Å². The van der Waals surface area contributed by atoms with Crippen LogP contribution in [0.1, 0.15) is 41.1 Å². The first-order valence-corrected chi connectivity index (χ1v) is 10.8. The SMILES string of the molecule is CCCCOC(=O)[C@@H]1CS[C@H](c2ccccc2)N1C(=O)c1ccc2c(c1)OCO2. The van der Waals surface area contributed by atoms with Gasteiger partial charge in [0.05, 0.1) is 6.61 Å². The maximum Gasteiger partial charge on any atom is 0.329 e. The Labute approximate surface area is 174 Å². The van der Waals surface area contributed by atoms with E-state index < -0.39 is 6.04 Å². The van der Waals surface area contributed by atoms with Gasteiger partial charge in [-0.1, -0.05) is 43.7 Å². The summed E-state index contributed by atoms with van der Waals surface area (Å²) >= 11 is 1.58. The van der Waals surface area contributed by atoms with Crippen molar-refractivity contribution < 1.29 is 23.8 Å². The highest BCUT2D eigenvalue weighted by Crippen LogP contribution is 2.43. The second kappa shape index (κ2) is 8.78. The summed E-state index contributed by atoms with van der Waals surface area (Å²) in [4.78, 5) is 27.9. The Bertz CT molecular complexity index is 888. The Kier molecular flexibility index (Phi) is 5.94. The first-order valence-electron chi connectivity index (χ1n) is 9.74. The van der Waals surface area contributed by atoms with Gasteiger partial charge < -0.3 is 19.1 Å². The quantitative estimate of drug-likeness (QED) is 0.527. The van der Waals surface area contributed by atoms with Crippen LogP contribution in [0.4, 0.5) is 0 Å². The van der Waals surface area contributed by atoms with Crippen LogP contribution in [0.25, 0.3) is 0 Å². The molecule has 2 atom stereocenters. The van der Waals surface area contributed by atoms with Crippen LogP contribution < -0.4 is 9.47 Å². The lowest BCUT2D eigenvalue weighted by atomic mass is 10.1. The smallest absolute Gasteiger partial charge is 0.329 e. The van der Waals surface area contributed by atoms with Crippen molar-refractivity contribution in [3.8, 4) is 11.5 Å². The number of ether oxygens (including phenoxy) is 3. The van der Waals surface area contributed by atoms with Gasteiger partial charge in [-0.25, -0.2) is 4.79 Å². The van der Waals surface area contributed by atoms with Crippen molar-refractivity contribution in [2.75, 3.05) is 19.2 Å². The zero-order chi connectivity index (χ0) is 20.2. The largest absolute Gasteiger partial charge is 0.464 e. The molecule has 0 radical (unpaired) electrons. The highest BCUT2D eigenvalue weighted by Gasteiger charge is 2.43. The first kappa shape index (κ1) is 19.6. The van der Waals surface area contributed by atoms with Crippen LogP contribution in [-0.4, -0.2) is 42.0 Å². The summed E-state index contributed by atoms with van der Waals surface area (Å²) in [6.45, 7) is 2.56. The van der Waals surface area contributed by atoms with Crippen molar-refractivity contribution >= 4 is 23.6 Å². The van der Waals surface area contributed by atoms with Crippen molar-refractivity contribution in [3.05, 3.63) is 59.7 Å². The van der Waals surface area contributed by atoms with Crippen LogP contribution in [0.3, 0.4) is 0 Å². The summed E-state index contributed by atoms with van der Waals surface area (Å²) in [6, 6.07) is 14.2. The van der Waals surface area contributed by atoms with Crippen LogP contribution in [-0.2, 0) is 9.53 Å². The maximum atomic E-state index is 13.5. The minimum absolute atomic E-state index is 0.144. The number of carbonyl (C=O) groups is 2. The van der Waals surface area contributed by atoms with Gasteiger partial charge in [0.1, 0.15) is 11.4 Å². The molecule has 6 nitrogen and oxygen atoms in total. The van der Waals surface area contributed by atoms with Gasteiger partial charge >= 0.3 is 5.97 Å². The fourth-order valence-electron chi connectivity index (χ4n) is 3.40. The summed E-state index contributed by atoms with van der Waals surface area (Å²) in [7, 11) is 0. The average molecular weight is 413 g/mol. The summed E-state index contributed by atoms with van der Waals surface area (Å²) < 4.78 is 16.2. The van der Waals surface area contributed by atoms with Crippen molar-refractivity contribution in [3.63, 3.8) is 0 Å². The summed E-state index contributed by atoms with van der Waals surface area (Å²) in [5.74, 6) is 1.09. The van der Waals surface area contributed by atoms with Gasteiger partial charge in [-0.3, -0.25) is 4.79 Å². The van der Waals surface area contributed by atoms with Crippen LogP contribution in [0, 0.1) is 0 Å². The summed E-state index contributed by atoms with van der Waals surface area (Å²) in [5.41, 5.74) is 1.44. The third kappa shape index (κ3) is 4.05. The second-order valence-corrected chi connectivity index (χ2v) is 8.03. The highest BCUT2D eigenvalue weighted by molar-refractivity contribution is 7.99. The van der Waals surface area contributed by atoms with Crippen molar-refractivity contribution in [1.29, 1.82) is 0 Å². The number of rotatable bonds is 6. The Morgan fingerprint density at radius 1 is 1.14 bits per heavy atom. The molecular weight excluding hydrogens is 390 g/mol. The molecule has 4 rings (SSSR count). The normalized spacial score (nSPS) is 20.0. The molecule has 29 heavy (non-hydrogen) atoms. The van der Waals surface area contributed by atoms with E-state index in [2.05, 4.69) is 0 Å². The molecule has 152 valence electrons. The van der Waals surface area contributed by atoms with E-state index in [1.165, 1.54) is 0 Å². The molecule has 0 spiro atoms. The molecule has 7 heteroatoms. The first-order chi connectivity index (χ1) is 14.2. The van der Waals surface area contributed by atoms with E-state index in [9.17, 15) is 9.59 Å². The number of fused-ring (bicyclic) bond motifs is 1. The zero-order valence-electron chi connectivity index (χ0n) is 16.2. The summed E-state index contributed by atoms with van der Waals surface area (Å²) in [5, 5.41) is -0.252. The van der Waals surface area contributed by atoms with Gasteiger partial charge in [0.2, 0.25) is 6.79 Å². The van der Waals surface area contributed by atoms with E-state index >= 15 is 0 Å². The third-order valence-electron chi connectivity index (χ3n) is 4.95. The minimum Gasteiger partial charge on any atom is -0.464 e. The zero-order valence-corrected chi connectivity index (χ0v) is 17.0. The number of hydrogen-bond donors (Lipinski definition) is 0. The lowest BCUT2D eigenvalue weighted by molar-refractivity contribution is -0.148. The Hall–Kier alpha value is -2.67. The number of carbonyl (C=O) groups excluding carboxylic acids is 2. The molecule has 0 N–H and O–H groups in total. The number of nitrogens with zero attached hydrogens (tertiary/aromatic N) is 1. The molecule has 1 fully saturated rings. The molecule has 0 aromatic heterocycles. The van der Waals surface area contributed by atoms with Crippen molar-refractivity contribution in [2.45, 2.75) is 31.2 Å². The van der Waals surface area contributed by atoms with Crippen LogP contribution >= 0.6 is 11.8 Å². The Morgan fingerprint density at radius 3 is 2.72 bits per heavy atom. The molecule has 0 saturated carbocycles. The van der Waals surface area contributed by atoms with E-state index in [0.29, 0.717) is 29.4 Å². The minimum atomic E-state index is -0.625. The fraction of sp³-hybridized carbons (Fsp3) is 0.364. The molecule has 0 unspecified atom stereocenters. The maximum absolute atomic E-state index is 13.5.